The number of hydrogen-bond acceptors (Lipinski definition) is 4. The Balaban J connectivity index is 2.09. The minimum atomic E-state index is -1.77. The van der Waals surface area contributed by atoms with Gasteiger partial charge in [-0.15, -0.1) is 0 Å². The van der Waals surface area contributed by atoms with E-state index >= 15 is 0 Å². The minimum Gasteiger partial charge on any atom is -0.413 e. The van der Waals surface area contributed by atoms with E-state index in [4.69, 9.17) is 9.16 Å². The normalized spacial score (nSPS) is 19.2. The number of aromatic nitrogens is 1. The summed E-state index contributed by atoms with van der Waals surface area (Å²) in [7, 11) is -1.77. The third kappa shape index (κ3) is 3.96. The smallest absolute Gasteiger partial charge is 0.192 e. The van der Waals surface area contributed by atoms with Crippen LogP contribution in [0.2, 0.25) is 18.1 Å². The standard InChI is InChI=1S/C17H29NO3Si/c1-16(2,3)22(4,5)21-13-14-6-9-18-15(12-14)17(19)7-10-20-11-8-17/h6,9,12,19H,7-8,10-11,13H2,1-5H3. The molecule has 0 aliphatic carbocycles. The number of nitrogens with zero attached hydrogens (tertiary/aromatic N) is 1. The van der Waals surface area contributed by atoms with E-state index in [9.17, 15) is 5.11 Å². The molecule has 2 heterocycles. The monoisotopic (exact) mass is 323 g/mol. The molecule has 0 saturated carbocycles. The Morgan fingerprint density at radius 1 is 1.32 bits per heavy atom. The molecule has 1 aliphatic rings. The highest BCUT2D eigenvalue weighted by Gasteiger charge is 2.37. The third-order valence-electron chi connectivity index (χ3n) is 5.03. The fraction of sp³-hybridized carbons (Fsp3) is 0.706. The summed E-state index contributed by atoms with van der Waals surface area (Å²) < 4.78 is 11.6. The number of ether oxygens (including phenoxy) is 1. The zero-order valence-corrected chi connectivity index (χ0v) is 15.5. The molecule has 1 fully saturated rings. The highest BCUT2D eigenvalue weighted by Crippen LogP contribution is 2.37. The van der Waals surface area contributed by atoms with E-state index in [0.717, 1.165) is 11.3 Å². The summed E-state index contributed by atoms with van der Waals surface area (Å²) in [6.07, 6.45) is 2.98. The van der Waals surface area contributed by atoms with Gasteiger partial charge in [-0.3, -0.25) is 4.98 Å². The van der Waals surface area contributed by atoms with Crippen LogP contribution in [0.15, 0.2) is 18.3 Å². The summed E-state index contributed by atoms with van der Waals surface area (Å²) in [6.45, 7) is 13.0. The molecule has 1 aliphatic heterocycles. The van der Waals surface area contributed by atoms with Crippen LogP contribution in [-0.4, -0.2) is 31.6 Å². The zero-order chi connectivity index (χ0) is 16.4. The van der Waals surface area contributed by atoms with Gasteiger partial charge in [0.1, 0.15) is 5.60 Å². The Hall–Kier alpha value is -0.753. The van der Waals surface area contributed by atoms with Gasteiger partial charge in [-0.2, -0.15) is 0 Å². The highest BCUT2D eigenvalue weighted by molar-refractivity contribution is 6.74. The molecule has 0 radical (unpaired) electrons. The van der Waals surface area contributed by atoms with Gasteiger partial charge in [0.25, 0.3) is 0 Å². The van der Waals surface area contributed by atoms with E-state index in [2.05, 4.69) is 38.8 Å². The van der Waals surface area contributed by atoms with Crippen molar-refractivity contribution in [1.82, 2.24) is 4.98 Å². The van der Waals surface area contributed by atoms with Gasteiger partial charge in [0.05, 0.1) is 12.3 Å². The Kier molecular flexibility index (Phi) is 5.12. The van der Waals surface area contributed by atoms with E-state index in [1.54, 1.807) is 6.20 Å². The van der Waals surface area contributed by atoms with Gasteiger partial charge >= 0.3 is 0 Å². The Morgan fingerprint density at radius 3 is 2.55 bits per heavy atom. The molecule has 2 rings (SSSR count). The second-order valence-electron chi connectivity index (χ2n) is 7.74. The average molecular weight is 324 g/mol. The van der Waals surface area contributed by atoms with E-state index in [-0.39, 0.29) is 5.04 Å². The molecule has 0 atom stereocenters. The van der Waals surface area contributed by atoms with Crippen molar-refractivity contribution in [3.63, 3.8) is 0 Å². The topological polar surface area (TPSA) is 51.6 Å². The van der Waals surface area contributed by atoms with Gasteiger partial charge < -0.3 is 14.3 Å². The second-order valence-corrected chi connectivity index (χ2v) is 12.6. The van der Waals surface area contributed by atoms with Gasteiger partial charge in [0, 0.05) is 32.3 Å². The van der Waals surface area contributed by atoms with E-state index in [0.29, 0.717) is 32.7 Å². The lowest BCUT2D eigenvalue weighted by molar-refractivity contribution is -0.0706. The van der Waals surface area contributed by atoms with Crippen LogP contribution < -0.4 is 0 Å². The predicted octanol–water partition coefficient (Wildman–Crippen LogP) is 3.60. The van der Waals surface area contributed by atoms with Crippen molar-refractivity contribution in [3.8, 4) is 0 Å². The van der Waals surface area contributed by atoms with Crippen molar-refractivity contribution in [2.24, 2.45) is 0 Å². The molecule has 1 saturated heterocycles. The number of rotatable bonds is 4. The molecule has 0 spiro atoms. The summed E-state index contributed by atoms with van der Waals surface area (Å²) in [5, 5.41) is 10.9. The maximum atomic E-state index is 10.7. The first-order chi connectivity index (χ1) is 10.1. The van der Waals surface area contributed by atoms with Gasteiger partial charge in [0.15, 0.2) is 8.32 Å². The summed E-state index contributed by atoms with van der Waals surface area (Å²) in [6, 6.07) is 3.96. The molecular weight excluding hydrogens is 294 g/mol. The molecule has 0 unspecified atom stereocenters. The molecule has 0 bridgehead atoms. The second kappa shape index (κ2) is 6.39. The Morgan fingerprint density at radius 2 is 1.95 bits per heavy atom. The van der Waals surface area contributed by atoms with Crippen molar-refractivity contribution in [2.75, 3.05) is 13.2 Å². The van der Waals surface area contributed by atoms with Crippen LogP contribution in [0.25, 0.3) is 0 Å². The van der Waals surface area contributed by atoms with Gasteiger partial charge in [-0.25, -0.2) is 0 Å². The Bertz CT molecular complexity index is 505. The van der Waals surface area contributed by atoms with Crippen LogP contribution in [0.5, 0.6) is 0 Å². The molecule has 1 N–H and O–H groups in total. The largest absolute Gasteiger partial charge is 0.413 e. The van der Waals surface area contributed by atoms with Crippen molar-refractivity contribution < 1.29 is 14.3 Å². The fourth-order valence-electron chi connectivity index (χ4n) is 2.26. The number of aliphatic hydroxyl groups is 1. The van der Waals surface area contributed by atoms with Crippen LogP contribution in [0, 0.1) is 0 Å². The van der Waals surface area contributed by atoms with E-state index in [1.165, 1.54) is 0 Å². The van der Waals surface area contributed by atoms with E-state index < -0.39 is 13.9 Å². The first-order valence-electron chi connectivity index (χ1n) is 8.04. The molecule has 124 valence electrons. The summed E-state index contributed by atoms with van der Waals surface area (Å²) in [5.41, 5.74) is 0.965. The van der Waals surface area contributed by atoms with Crippen LogP contribution in [0.3, 0.4) is 0 Å². The maximum absolute atomic E-state index is 10.7. The predicted molar refractivity (Wildman–Crippen MR) is 90.2 cm³/mol. The molecular formula is C17H29NO3Si. The van der Waals surface area contributed by atoms with Crippen molar-refractivity contribution >= 4 is 8.32 Å². The summed E-state index contributed by atoms with van der Waals surface area (Å²) in [4.78, 5) is 4.38. The van der Waals surface area contributed by atoms with Crippen molar-refractivity contribution in [3.05, 3.63) is 29.6 Å². The molecule has 0 aromatic carbocycles. The summed E-state index contributed by atoms with van der Waals surface area (Å²) in [5.74, 6) is 0. The molecule has 1 aromatic heterocycles. The van der Waals surface area contributed by atoms with Gasteiger partial charge in [-0.1, -0.05) is 20.8 Å². The molecule has 1 aromatic rings. The Labute approximate surface area is 135 Å². The molecule has 4 nitrogen and oxygen atoms in total. The van der Waals surface area contributed by atoms with Crippen LogP contribution in [0.1, 0.15) is 44.9 Å². The van der Waals surface area contributed by atoms with Gasteiger partial charge in [-0.05, 0) is 35.8 Å². The SMILES string of the molecule is CC(C)(C)[Si](C)(C)OCc1ccnc(C2(O)CCOCC2)c1. The first kappa shape index (κ1) is 17.6. The lowest BCUT2D eigenvalue weighted by atomic mass is 9.90. The number of pyridine rings is 1. The quantitative estimate of drug-likeness (QED) is 0.860. The average Bonchev–Trinajstić information content (AvgIpc) is 2.45. The van der Waals surface area contributed by atoms with Crippen LogP contribution >= 0.6 is 0 Å². The number of hydrogen-bond donors (Lipinski definition) is 1. The van der Waals surface area contributed by atoms with Crippen molar-refractivity contribution in [1.29, 1.82) is 0 Å². The van der Waals surface area contributed by atoms with Crippen molar-refractivity contribution in [2.45, 2.75) is 64.0 Å². The molecule has 5 heteroatoms. The zero-order valence-electron chi connectivity index (χ0n) is 14.5. The lowest BCUT2D eigenvalue weighted by Crippen LogP contribution is -2.40. The first-order valence-corrected chi connectivity index (χ1v) is 10.9. The summed E-state index contributed by atoms with van der Waals surface area (Å²) >= 11 is 0. The lowest BCUT2D eigenvalue weighted by Gasteiger charge is -2.36. The third-order valence-corrected chi connectivity index (χ3v) is 9.51. The highest BCUT2D eigenvalue weighted by atomic mass is 28.4. The van der Waals surface area contributed by atoms with Crippen LogP contribution in [-0.2, 0) is 21.4 Å². The van der Waals surface area contributed by atoms with Gasteiger partial charge in [0.2, 0.25) is 0 Å². The minimum absolute atomic E-state index is 0.196. The fourth-order valence-corrected chi connectivity index (χ4v) is 3.22. The molecule has 22 heavy (non-hydrogen) atoms. The van der Waals surface area contributed by atoms with Crippen LogP contribution in [0.4, 0.5) is 0 Å². The maximum Gasteiger partial charge on any atom is 0.192 e. The molecule has 0 amide bonds. The van der Waals surface area contributed by atoms with E-state index in [1.807, 2.05) is 12.1 Å².